The topological polar surface area (TPSA) is 36.4 Å². The quantitative estimate of drug-likeness (QED) is 0.663. The van der Waals surface area contributed by atoms with Crippen LogP contribution >= 0.6 is 11.3 Å². The largest absolute Gasteiger partial charge is 0.368 e. The van der Waals surface area contributed by atoms with E-state index in [1.165, 1.54) is 18.5 Å². The highest BCUT2D eigenvalue weighted by Gasteiger charge is 2.38. The number of anilines is 1. The summed E-state index contributed by atoms with van der Waals surface area (Å²) in [5.41, 5.74) is 3.25. The van der Waals surface area contributed by atoms with Gasteiger partial charge in [-0.15, -0.1) is 11.3 Å². The Bertz CT molecular complexity index is 955. The number of benzene rings is 2. The molecule has 0 saturated carbocycles. The summed E-state index contributed by atoms with van der Waals surface area (Å²) in [4.78, 5) is 22.5. The van der Waals surface area contributed by atoms with Gasteiger partial charge >= 0.3 is 0 Å². The van der Waals surface area contributed by atoms with Gasteiger partial charge in [0.2, 0.25) is 0 Å². The Morgan fingerprint density at radius 2 is 1.92 bits per heavy atom. The standard InChI is InChI=1S/C20H21N3OS/c1-2-23-14-3-4-15(23)12-22(11-14)13-5-7-17-19(9-13)25-20-10-16(24)6-8-18(20)21-17/h5-10,14-15H,2-4,11-12H2,1H3/t14-,15+. The predicted molar refractivity (Wildman–Crippen MR) is 104 cm³/mol. The van der Waals surface area contributed by atoms with Crippen LogP contribution in [0.25, 0.3) is 20.8 Å². The summed E-state index contributed by atoms with van der Waals surface area (Å²) in [6.45, 7) is 5.68. The lowest BCUT2D eigenvalue weighted by atomic mass is 10.1. The van der Waals surface area contributed by atoms with Crippen molar-refractivity contribution < 1.29 is 0 Å². The first-order valence-corrected chi connectivity index (χ1v) is 9.88. The minimum absolute atomic E-state index is 0.0494. The maximum absolute atomic E-state index is 11.6. The van der Waals surface area contributed by atoms with Gasteiger partial charge in [0.05, 0.1) is 20.8 Å². The predicted octanol–water partition coefficient (Wildman–Crippen LogP) is 3.43. The van der Waals surface area contributed by atoms with Crippen molar-refractivity contribution >= 4 is 27.2 Å². The summed E-state index contributed by atoms with van der Waals surface area (Å²) in [7, 11) is 0. The number of likely N-dealkylation sites (N-methyl/N-ethyl adjacent to an activating group) is 1. The Labute approximate surface area is 151 Å². The first-order chi connectivity index (χ1) is 12.2. The monoisotopic (exact) mass is 351 g/mol. The SMILES string of the molecule is CCN1[C@@H]2CC[C@H]1CN(c1ccc3nc4ccc(=O)cc-4sc3c1)C2. The molecule has 0 unspecified atom stereocenters. The highest BCUT2D eigenvalue weighted by molar-refractivity contribution is 7.21. The van der Waals surface area contributed by atoms with E-state index in [4.69, 9.17) is 4.98 Å². The zero-order valence-electron chi connectivity index (χ0n) is 14.3. The lowest BCUT2D eigenvalue weighted by Crippen LogP contribution is -2.53. The van der Waals surface area contributed by atoms with Crippen LogP contribution in [-0.2, 0) is 0 Å². The highest BCUT2D eigenvalue weighted by Crippen LogP contribution is 2.35. The molecule has 0 amide bonds. The molecule has 1 aromatic rings. The van der Waals surface area contributed by atoms with Crippen LogP contribution in [0.15, 0.2) is 41.2 Å². The molecule has 5 rings (SSSR count). The molecule has 25 heavy (non-hydrogen) atoms. The first-order valence-electron chi connectivity index (χ1n) is 9.06. The van der Waals surface area contributed by atoms with Crippen molar-refractivity contribution in [1.82, 2.24) is 9.88 Å². The molecule has 1 aliphatic carbocycles. The normalized spacial score (nSPS) is 23.6. The van der Waals surface area contributed by atoms with E-state index in [9.17, 15) is 4.79 Å². The van der Waals surface area contributed by atoms with Gasteiger partial charge in [0.25, 0.3) is 0 Å². The maximum atomic E-state index is 11.6. The molecule has 4 aliphatic rings. The van der Waals surface area contributed by atoms with E-state index in [1.807, 2.05) is 6.07 Å². The Kier molecular flexibility index (Phi) is 3.54. The van der Waals surface area contributed by atoms with Crippen molar-refractivity contribution in [3.8, 4) is 10.6 Å². The Morgan fingerprint density at radius 1 is 1.12 bits per heavy atom. The van der Waals surface area contributed by atoms with Gasteiger partial charge in [-0.3, -0.25) is 9.69 Å². The third-order valence-electron chi connectivity index (χ3n) is 5.70. The third-order valence-corrected chi connectivity index (χ3v) is 6.79. The molecule has 2 fully saturated rings. The molecule has 0 N–H and O–H groups in total. The van der Waals surface area contributed by atoms with Gasteiger partial charge in [0.1, 0.15) is 0 Å². The maximum Gasteiger partial charge on any atom is 0.180 e. The van der Waals surface area contributed by atoms with Gasteiger partial charge in [-0.2, -0.15) is 0 Å². The summed E-state index contributed by atoms with van der Waals surface area (Å²) in [6, 6.07) is 13.1. The van der Waals surface area contributed by atoms with Crippen LogP contribution in [0.4, 0.5) is 5.69 Å². The zero-order chi connectivity index (χ0) is 17.0. The fraction of sp³-hybridized carbons (Fsp3) is 0.400. The van der Waals surface area contributed by atoms with E-state index in [-0.39, 0.29) is 5.43 Å². The molecule has 0 spiro atoms. The van der Waals surface area contributed by atoms with Gasteiger partial charge in [0, 0.05) is 36.9 Å². The fourth-order valence-corrected chi connectivity index (χ4v) is 5.54. The van der Waals surface area contributed by atoms with Crippen LogP contribution in [0.1, 0.15) is 19.8 Å². The van der Waals surface area contributed by atoms with Crippen molar-refractivity contribution in [2.75, 3.05) is 24.5 Å². The summed E-state index contributed by atoms with van der Waals surface area (Å²) in [5.74, 6) is 0. The second-order valence-electron chi connectivity index (χ2n) is 7.12. The number of fused-ring (bicyclic) bond motifs is 4. The highest BCUT2D eigenvalue weighted by atomic mass is 32.1. The van der Waals surface area contributed by atoms with Crippen LogP contribution in [-0.4, -0.2) is 41.6 Å². The number of hydrogen-bond donors (Lipinski definition) is 0. The lowest BCUT2D eigenvalue weighted by Gasteiger charge is -2.41. The third kappa shape index (κ3) is 2.53. The van der Waals surface area contributed by atoms with Crippen molar-refractivity contribution in [2.24, 2.45) is 0 Å². The molecule has 1 aromatic carbocycles. The fourth-order valence-electron chi connectivity index (χ4n) is 4.51. The molecular weight excluding hydrogens is 330 g/mol. The molecule has 2 saturated heterocycles. The van der Waals surface area contributed by atoms with E-state index in [2.05, 4.69) is 34.9 Å². The van der Waals surface area contributed by atoms with Gasteiger partial charge < -0.3 is 4.90 Å². The van der Waals surface area contributed by atoms with Gasteiger partial charge in [0.15, 0.2) is 5.43 Å². The number of nitrogens with zero attached hydrogens (tertiary/aromatic N) is 3. The van der Waals surface area contributed by atoms with Crippen molar-refractivity contribution in [3.05, 3.63) is 46.6 Å². The number of piperazine rings is 1. The zero-order valence-corrected chi connectivity index (χ0v) is 15.1. The molecule has 2 bridgehead atoms. The molecule has 128 valence electrons. The van der Waals surface area contributed by atoms with Crippen LogP contribution in [0.3, 0.4) is 0 Å². The Morgan fingerprint density at radius 3 is 2.68 bits per heavy atom. The minimum atomic E-state index is 0.0494. The first kappa shape index (κ1) is 15.3. The number of hydrogen-bond acceptors (Lipinski definition) is 5. The van der Waals surface area contributed by atoms with E-state index >= 15 is 0 Å². The van der Waals surface area contributed by atoms with Gasteiger partial charge in [-0.1, -0.05) is 6.92 Å². The van der Waals surface area contributed by atoms with Crippen molar-refractivity contribution in [2.45, 2.75) is 31.8 Å². The smallest absolute Gasteiger partial charge is 0.180 e. The molecular formula is C20H21N3OS. The summed E-state index contributed by atoms with van der Waals surface area (Å²) in [6.07, 6.45) is 2.65. The van der Waals surface area contributed by atoms with Crippen LogP contribution in [0.2, 0.25) is 0 Å². The van der Waals surface area contributed by atoms with Crippen molar-refractivity contribution in [1.29, 1.82) is 0 Å². The van der Waals surface area contributed by atoms with E-state index in [0.29, 0.717) is 12.1 Å². The summed E-state index contributed by atoms with van der Waals surface area (Å²) >= 11 is 1.67. The molecule has 3 aliphatic heterocycles. The minimum Gasteiger partial charge on any atom is -0.368 e. The lowest BCUT2D eigenvalue weighted by molar-refractivity contribution is 0.179. The van der Waals surface area contributed by atoms with Gasteiger partial charge in [-0.25, -0.2) is 4.98 Å². The van der Waals surface area contributed by atoms with E-state index in [1.54, 1.807) is 23.5 Å². The number of rotatable bonds is 2. The van der Waals surface area contributed by atoms with E-state index < -0.39 is 0 Å². The second-order valence-corrected chi connectivity index (χ2v) is 8.20. The second kappa shape index (κ2) is 5.78. The Hall–Kier alpha value is -1.98. The van der Waals surface area contributed by atoms with Crippen LogP contribution < -0.4 is 10.3 Å². The summed E-state index contributed by atoms with van der Waals surface area (Å²) in [5, 5.41) is 0. The average molecular weight is 351 g/mol. The Balaban J connectivity index is 1.54. The summed E-state index contributed by atoms with van der Waals surface area (Å²) < 4.78 is 1.15. The average Bonchev–Trinajstić information content (AvgIpc) is 2.87. The molecule has 4 nitrogen and oxygen atoms in total. The van der Waals surface area contributed by atoms with E-state index in [0.717, 1.165) is 40.4 Å². The van der Waals surface area contributed by atoms with Crippen LogP contribution in [0, 0.1) is 0 Å². The van der Waals surface area contributed by atoms with Crippen LogP contribution in [0.5, 0.6) is 0 Å². The molecule has 0 aromatic heterocycles. The molecule has 3 heterocycles. The van der Waals surface area contributed by atoms with Gasteiger partial charge in [-0.05, 0) is 49.7 Å². The molecule has 5 heteroatoms. The number of aromatic nitrogens is 1. The molecule has 0 radical (unpaired) electrons. The molecule has 2 atom stereocenters. The van der Waals surface area contributed by atoms with Crippen molar-refractivity contribution in [3.63, 3.8) is 0 Å².